The minimum atomic E-state index is 0.116. The van der Waals surface area contributed by atoms with Gasteiger partial charge < -0.3 is 9.64 Å². The molecular formula is C15H20N4O2. The lowest BCUT2D eigenvalue weighted by atomic mass is 10.1. The van der Waals surface area contributed by atoms with E-state index in [0.717, 1.165) is 11.1 Å². The number of hydrogen-bond donors (Lipinski definition) is 1. The van der Waals surface area contributed by atoms with E-state index < -0.39 is 0 Å². The number of H-pyrrole nitrogens is 1. The van der Waals surface area contributed by atoms with Crippen LogP contribution in [0.4, 0.5) is 0 Å². The van der Waals surface area contributed by atoms with Gasteiger partial charge >= 0.3 is 0 Å². The Morgan fingerprint density at radius 1 is 1.33 bits per heavy atom. The van der Waals surface area contributed by atoms with Gasteiger partial charge in [-0.15, -0.1) is 0 Å². The molecule has 0 radical (unpaired) electrons. The number of pyridine rings is 1. The number of rotatable bonds is 8. The van der Waals surface area contributed by atoms with Gasteiger partial charge in [0, 0.05) is 45.2 Å². The molecule has 1 amide bonds. The van der Waals surface area contributed by atoms with E-state index in [-0.39, 0.29) is 5.91 Å². The predicted molar refractivity (Wildman–Crippen MR) is 78.4 cm³/mol. The molecule has 6 heteroatoms. The quantitative estimate of drug-likeness (QED) is 0.797. The molecule has 2 aromatic heterocycles. The van der Waals surface area contributed by atoms with Crippen LogP contribution in [0.3, 0.4) is 0 Å². The van der Waals surface area contributed by atoms with Gasteiger partial charge in [-0.1, -0.05) is 0 Å². The van der Waals surface area contributed by atoms with Gasteiger partial charge in [-0.2, -0.15) is 5.10 Å². The number of amides is 1. The SMILES string of the molecule is COCCN(Cc1ccncc1)C(=O)CCc1cn[nH]c1. The Balaban J connectivity index is 1.92. The lowest BCUT2D eigenvalue weighted by Crippen LogP contribution is -2.33. The highest BCUT2D eigenvalue weighted by atomic mass is 16.5. The zero-order valence-electron chi connectivity index (χ0n) is 12.2. The molecule has 2 rings (SSSR count). The summed E-state index contributed by atoms with van der Waals surface area (Å²) >= 11 is 0. The standard InChI is InChI=1S/C15H20N4O2/c1-21-9-8-19(12-13-4-6-16-7-5-13)15(20)3-2-14-10-17-18-11-14/h4-7,10-11H,2-3,8-9,12H2,1H3,(H,17,18). The van der Waals surface area contributed by atoms with Crippen molar-refractivity contribution in [1.82, 2.24) is 20.1 Å². The van der Waals surface area contributed by atoms with Gasteiger partial charge in [0.15, 0.2) is 0 Å². The third kappa shape index (κ3) is 5.00. The van der Waals surface area contributed by atoms with Crippen molar-refractivity contribution in [2.75, 3.05) is 20.3 Å². The first-order chi connectivity index (χ1) is 10.3. The number of carbonyl (C=O) groups is 1. The topological polar surface area (TPSA) is 71.1 Å². The van der Waals surface area contributed by atoms with Crippen LogP contribution < -0.4 is 0 Å². The van der Waals surface area contributed by atoms with Crippen LogP contribution in [0.2, 0.25) is 0 Å². The molecule has 1 N–H and O–H groups in total. The Morgan fingerprint density at radius 2 is 2.14 bits per heavy atom. The van der Waals surface area contributed by atoms with Gasteiger partial charge in [-0.25, -0.2) is 0 Å². The summed E-state index contributed by atoms with van der Waals surface area (Å²) in [7, 11) is 1.64. The smallest absolute Gasteiger partial charge is 0.223 e. The number of nitrogens with one attached hydrogen (secondary N) is 1. The van der Waals surface area contributed by atoms with Crippen LogP contribution in [-0.4, -0.2) is 46.2 Å². The fourth-order valence-corrected chi connectivity index (χ4v) is 2.03. The van der Waals surface area contributed by atoms with Gasteiger partial charge in [0.1, 0.15) is 0 Å². The summed E-state index contributed by atoms with van der Waals surface area (Å²) < 4.78 is 5.09. The van der Waals surface area contributed by atoms with E-state index in [1.807, 2.05) is 23.2 Å². The molecule has 0 aromatic carbocycles. The van der Waals surface area contributed by atoms with E-state index in [2.05, 4.69) is 15.2 Å². The van der Waals surface area contributed by atoms with Crippen LogP contribution in [0, 0.1) is 0 Å². The average Bonchev–Trinajstić information content (AvgIpc) is 3.03. The fourth-order valence-electron chi connectivity index (χ4n) is 2.03. The Morgan fingerprint density at radius 3 is 2.81 bits per heavy atom. The second kappa shape index (κ2) is 8.16. The van der Waals surface area contributed by atoms with Crippen molar-refractivity contribution in [3.8, 4) is 0 Å². The largest absolute Gasteiger partial charge is 0.383 e. The van der Waals surface area contributed by atoms with Crippen molar-refractivity contribution in [2.24, 2.45) is 0 Å². The zero-order chi connectivity index (χ0) is 14.9. The monoisotopic (exact) mass is 288 g/mol. The van der Waals surface area contributed by atoms with E-state index >= 15 is 0 Å². The van der Waals surface area contributed by atoms with E-state index in [4.69, 9.17) is 4.74 Å². The van der Waals surface area contributed by atoms with Gasteiger partial charge in [0.25, 0.3) is 0 Å². The number of aromatic nitrogens is 3. The van der Waals surface area contributed by atoms with Gasteiger partial charge in [0.05, 0.1) is 12.8 Å². The Bertz CT molecular complexity index is 528. The molecule has 21 heavy (non-hydrogen) atoms. The van der Waals surface area contributed by atoms with Crippen molar-refractivity contribution in [1.29, 1.82) is 0 Å². The second-order valence-corrected chi connectivity index (χ2v) is 4.77. The fraction of sp³-hybridized carbons (Fsp3) is 0.400. The predicted octanol–water partition coefficient (Wildman–Crippen LogP) is 1.41. The molecule has 112 valence electrons. The highest BCUT2D eigenvalue weighted by Crippen LogP contribution is 2.08. The van der Waals surface area contributed by atoms with Crippen LogP contribution in [-0.2, 0) is 22.5 Å². The number of nitrogens with zero attached hydrogens (tertiary/aromatic N) is 3. The normalized spacial score (nSPS) is 10.5. The lowest BCUT2D eigenvalue weighted by Gasteiger charge is -2.22. The minimum absolute atomic E-state index is 0.116. The summed E-state index contributed by atoms with van der Waals surface area (Å²) in [5.41, 5.74) is 2.11. The van der Waals surface area contributed by atoms with Crippen molar-refractivity contribution in [3.63, 3.8) is 0 Å². The maximum Gasteiger partial charge on any atom is 0.223 e. The molecular weight excluding hydrogens is 268 g/mol. The number of aryl methyl sites for hydroxylation is 1. The van der Waals surface area contributed by atoms with Crippen LogP contribution in [0.1, 0.15) is 17.5 Å². The minimum Gasteiger partial charge on any atom is -0.383 e. The summed E-state index contributed by atoms with van der Waals surface area (Å²) in [5, 5.41) is 6.64. The molecule has 0 spiro atoms. The molecule has 0 atom stereocenters. The van der Waals surface area contributed by atoms with Crippen LogP contribution in [0.25, 0.3) is 0 Å². The van der Waals surface area contributed by atoms with Gasteiger partial charge in [-0.3, -0.25) is 14.9 Å². The number of carbonyl (C=O) groups excluding carboxylic acids is 1. The molecule has 0 bridgehead atoms. The van der Waals surface area contributed by atoms with Crippen molar-refractivity contribution in [2.45, 2.75) is 19.4 Å². The third-order valence-electron chi connectivity index (χ3n) is 3.22. The van der Waals surface area contributed by atoms with Crippen molar-refractivity contribution in [3.05, 3.63) is 48.0 Å². The summed E-state index contributed by atoms with van der Waals surface area (Å²) in [4.78, 5) is 18.2. The molecule has 2 aromatic rings. The van der Waals surface area contributed by atoms with Crippen molar-refractivity contribution < 1.29 is 9.53 Å². The summed E-state index contributed by atoms with van der Waals surface area (Å²) in [6.07, 6.45) is 8.19. The number of methoxy groups -OCH3 is 1. The summed E-state index contributed by atoms with van der Waals surface area (Å²) in [5.74, 6) is 0.116. The van der Waals surface area contributed by atoms with E-state index in [9.17, 15) is 4.79 Å². The first-order valence-electron chi connectivity index (χ1n) is 6.93. The van der Waals surface area contributed by atoms with E-state index in [1.54, 1.807) is 25.7 Å². The molecule has 0 aliphatic carbocycles. The molecule has 0 aliphatic heterocycles. The van der Waals surface area contributed by atoms with Crippen LogP contribution >= 0.6 is 0 Å². The highest BCUT2D eigenvalue weighted by molar-refractivity contribution is 5.76. The number of hydrogen-bond acceptors (Lipinski definition) is 4. The van der Waals surface area contributed by atoms with Gasteiger partial charge in [-0.05, 0) is 29.7 Å². The number of ether oxygens (including phenoxy) is 1. The summed E-state index contributed by atoms with van der Waals surface area (Å²) in [6, 6.07) is 3.84. The molecule has 0 unspecified atom stereocenters. The van der Waals surface area contributed by atoms with Crippen molar-refractivity contribution >= 4 is 5.91 Å². The molecule has 2 heterocycles. The number of aromatic amines is 1. The molecule has 0 saturated carbocycles. The molecule has 0 saturated heterocycles. The van der Waals surface area contributed by atoms with E-state index in [0.29, 0.717) is 32.5 Å². The zero-order valence-corrected chi connectivity index (χ0v) is 12.2. The van der Waals surface area contributed by atoms with Gasteiger partial charge in [0.2, 0.25) is 5.91 Å². The molecule has 6 nitrogen and oxygen atoms in total. The highest BCUT2D eigenvalue weighted by Gasteiger charge is 2.14. The van der Waals surface area contributed by atoms with E-state index in [1.165, 1.54) is 0 Å². The lowest BCUT2D eigenvalue weighted by molar-refractivity contribution is -0.132. The van der Waals surface area contributed by atoms with Crippen LogP contribution in [0.5, 0.6) is 0 Å². The average molecular weight is 288 g/mol. The Kier molecular flexibility index (Phi) is 5.90. The first kappa shape index (κ1) is 15.2. The second-order valence-electron chi connectivity index (χ2n) is 4.77. The van der Waals surface area contributed by atoms with Crippen LogP contribution in [0.15, 0.2) is 36.9 Å². The Hall–Kier alpha value is -2.21. The molecule has 0 fully saturated rings. The first-order valence-corrected chi connectivity index (χ1v) is 6.93. The maximum atomic E-state index is 12.4. The summed E-state index contributed by atoms with van der Waals surface area (Å²) in [6.45, 7) is 1.70. The Labute approximate surface area is 124 Å². The maximum absolute atomic E-state index is 12.4. The third-order valence-corrected chi connectivity index (χ3v) is 3.22. The molecule has 0 aliphatic rings.